The van der Waals surface area contributed by atoms with Crippen LogP contribution in [0, 0.1) is 0 Å². The highest BCUT2D eigenvalue weighted by molar-refractivity contribution is 5.84. The fourth-order valence-electron chi connectivity index (χ4n) is 4.14. The first-order valence-corrected chi connectivity index (χ1v) is 9.92. The Bertz CT molecular complexity index is 1020. The van der Waals surface area contributed by atoms with Crippen LogP contribution in [0.15, 0.2) is 67.0 Å². The van der Waals surface area contributed by atoms with Crippen LogP contribution in [-0.2, 0) is 24.2 Å². The van der Waals surface area contributed by atoms with Crippen LogP contribution in [0.1, 0.15) is 28.2 Å². The molecular formula is C24H22N2O3. The average molecular weight is 386 g/mol. The zero-order chi connectivity index (χ0) is 19.6. The molecule has 2 aromatic carbocycles. The zero-order valence-corrected chi connectivity index (χ0v) is 16.1. The van der Waals surface area contributed by atoms with E-state index in [0.717, 1.165) is 34.6 Å². The van der Waals surface area contributed by atoms with Crippen molar-refractivity contribution in [1.29, 1.82) is 0 Å². The molecule has 2 aliphatic heterocycles. The van der Waals surface area contributed by atoms with E-state index in [9.17, 15) is 4.79 Å². The molecule has 1 aromatic heterocycles. The van der Waals surface area contributed by atoms with Crippen LogP contribution < -0.4 is 9.47 Å². The van der Waals surface area contributed by atoms with Crippen molar-refractivity contribution in [1.82, 2.24) is 9.88 Å². The molecule has 0 bridgehead atoms. The highest BCUT2D eigenvalue weighted by atomic mass is 16.7. The summed E-state index contributed by atoms with van der Waals surface area (Å²) < 4.78 is 11.0. The van der Waals surface area contributed by atoms with Gasteiger partial charge in [0, 0.05) is 25.5 Å². The minimum atomic E-state index is -0.214. The molecule has 0 spiro atoms. The third-order valence-corrected chi connectivity index (χ3v) is 5.71. The van der Waals surface area contributed by atoms with Gasteiger partial charge in [-0.25, -0.2) is 0 Å². The van der Waals surface area contributed by atoms with Gasteiger partial charge >= 0.3 is 0 Å². The number of benzene rings is 2. The lowest BCUT2D eigenvalue weighted by Gasteiger charge is -2.32. The predicted octanol–water partition coefficient (Wildman–Crippen LogP) is 3.72. The van der Waals surface area contributed by atoms with E-state index in [2.05, 4.69) is 11.1 Å². The maximum Gasteiger partial charge on any atom is 0.231 e. The Balaban J connectivity index is 1.42. The number of aromatic nitrogens is 1. The van der Waals surface area contributed by atoms with E-state index < -0.39 is 0 Å². The van der Waals surface area contributed by atoms with Gasteiger partial charge in [0.05, 0.1) is 5.92 Å². The molecule has 1 atom stereocenters. The van der Waals surface area contributed by atoms with E-state index in [1.165, 1.54) is 5.56 Å². The van der Waals surface area contributed by atoms with Crippen LogP contribution >= 0.6 is 0 Å². The summed E-state index contributed by atoms with van der Waals surface area (Å²) in [7, 11) is 0. The van der Waals surface area contributed by atoms with E-state index in [4.69, 9.17) is 9.47 Å². The van der Waals surface area contributed by atoms with Gasteiger partial charge in [0.1, 0.15) is 0 Å². The largest absolute Gasteiger partial charge is 0.454 e. The molecule has 3 heterocycles. The van der Waals surface area contributed by atoms with Crippen LogP contribution in [-0.4, -0.2) is 29.1 Å². The first-order chi connectivity index (χ1) is 14.3. The van der Waals surface area contributed by atoms with Crippen molar-refractivity contribution >= 4 is 5.91 Å². The predicted molar refractivity (Wildman–Crippen MR) is 109 cm³/mol. The van der Waals surface area contributed by atoms with Gasteiger partial charge in [-0.2, -0.15) is 0 Å². The lowest BCUT2D eigenvalue weighted by atomic mass is 9.89. The normalized spacial score (nSPS) is 15.7. The fourth-order valence-corrected chi connectivity index (χ4v) is 4.14. The number of rotatable bonds is 4. The molecular weight excluding hydrogens is 364 g/mol. The van der Waals surface area contributed by atoms with Crippen LogP contribution in [0.3, 0.4) is 0 Å². The maximum absolute atomic E-state index is 13.6. The Labute approximate surface area is 169 Å². The first kappa shape index (κ1) is 17.7. The number of pyridine rings is 1. The van der Waals surface area contributed by atoms with Gasteiger partial charge in [-0.15, -0.1) is 0 Å². The lowest BCUT2D eigenvalue weighted by Crippen LogP contribution is -2.39. The summed E-state index contributed by atoms with van der Waals surface area (Å²) in [4.78, 5) is 19.7. The van der Waals surface area contributed by atoms with Crippen LogP contribution in [0.25, 0.3) is 0 Å². The molecule has 146 valence electrons. The number of hydrogen-bond donors (Lipinski definition) is 0. The Morgan fingerprint density at radius 3 is 2.48 bits per heavy atom. The molecule has 5 rings (SSSR count). The standard InChI is InChI=1S/C24H22N2O3/c27-24(21(18-4-2-1-3-5-18)12-17-6-9-25-10-7-17)26-11-8-19-13-22-23(29-16-28-22)14-20(19)15-26/h1-7,9-10,13-14,21H,8,11-12,15-16H2. The summed E-state index contributed by atoms with van der Waals surface area (Å²) in [5.41, 5.74) is 4.54. The molecule has 1 amide bonds. The number of carbonyl (C=O) groups is 1. The quantitative estimate of drug-likeness (QED) is 0.686. The summed E-state index contributed by atoms with van der Waals surface area (Å²) in [5, 5.41) is 0. The van der Waals surface area contributed by atoms with E-state index in [0.29, 0.717) is 19.5 Å². The lowest BCUT2D eigenvalue weighted by molar-refractivity contribution is -0.133. The average Bonchev–Trinajstić information content (AvgIpc) is 3.23. The molecule has 29 heavy (non-hydrogen) atoms. The van der Waals surface area contributed by atoms with E-state index in [1.54, 1.807) is 12.4 Å². The second-order valence-corrected chi connectivity index (χ2v) is 7.51. The SMILES string of the molecule is O=C(C(Cc1ccncc1)c1ccccc1)N1CCc2cc3c(cc2C1)OCO3. The van der Waals surface area contributed by atoms with Crippen molar-refractivity contribution in [3.05, 3.63) is 89.2 Å². The summed E-state index contributed by atoms with van der Waals surface area (Å²) in [6, 6.07) is 18.1. The number of nitrogens with zero attached hydrogens (tertiary/aromatic N) is 2. The number of hydrogen-bond acceptors (Lipinski definition) is 4. The van der Waals surface area contributed by atoms with Gasteiger partial charge in [-0.3, -0.25) is 9.78 Å². The summed E-state index contributed by atoms with van der Waals surface area (Å²) in [6.07, 6.45) is 5.05. The van der Waals surface area contributed by atoms with E-state index >= 15 is 0 Å². The molecule has 0 N–H and O–H groups in total. The second-order valence-electron chi connectivity index (χ2n) is 7.51. The first-order valence-electron chi connectivity index (χ1n) is 9.92. The second kappa shape index (κ2) is 7.59. The molecule has 0 saturated heterocycles. The highest BCUT2D eigenvalue weighted by Gasteiger charge is 2.30. The Kier molecular flexibility index (Phi) is 4.64. The van der Waals surface area contributed by atoms with Gasteiger partial charge in [-0.05, 0) is 59.4 Å². The molecule has 5 heteroatoms. The summed E-state index contributed by atoms with van der Waals surface area (Å²) in [6.45, 7) is 1.58. The number of carbonyl (C=O) groups excluding carboxylic acids is 1. The van der Waals surface area contributed by atoms with E-state index in [1.807, 2.05) is 53.4 Å². The van der Waals surface area contributed by atoms with Crippen molar-refractivity contribution in [3.8, 4) is 11.5 Å². The Morgan fingerprint density at radius 2 is 1.72 bits per heavy atom. The van der Waals surface area contributed by atoms with E-state index in [-0.39, 0.29) is 18.6 Å². The van der Waals surface area contributed by atoms with Crippen molar-refractivity contribution in [3.63, 3.8) is 0 Å². The Hall–Kier alpha value is -3.34. The van der Waals surface area contributed by atoms with Gasteiger partial charge < -0.3 is 14.4 Å². The monoisotopic (exact) mass is 386 g/mol. The molecule has 3 aromatic rings. The fraction of sp³-hybridized carbons (Fsp3) is 0.250. The molecule has 0 fully saturated rings. The number of fused-ring (bicyclic) bond motifs is 2. The number of amides is 1. The molecule has 2 aliphatic rings. The maximum atomic E-state index is 13.6. The molecule has 0 saturated carbocycles. The van der Waals surface area contributed by atoms with Crippen molar-refractivity contribution in [2.45, 2.75) is 25.3 Å². The van der Waals surface area contributed by atoms with Gasteiger partial charge in [0.25, 0.3) is 0 Å². The van der Waals surface area contributed by atoms with Gasteiger partial charge in [-0.1, -0.05) is 30.3 Å². The molecule has 0 radical (unpaired) electrons. The third-order valence-electron chi connectivity index (χ3n) is 5.71. The summed E-state index contributed by atoms with van der Waals surface area (Å²) >= 11 is 0. The topological polar surface area (TPSA) is 51.7 Å². The Morgan fingerprint density at radius 1 is 1.00 bits per heavy atom. The van der Waals surface area contributed by atoms with Crippen molar-refractivity contribution in [2.24, 2.45) is 0 Å². The van der Waals surface area contributed by atoms with Crippen molar-refractivity contribution < 1.29 is 14.3 Å². The molecule has 5 nitrogen and oxygen atoms in total. The van der Waals surface area contributed by atoms with Crippen LogP contribution in [0.5, 0.6) is 11.5 Å². The highest BCUT2D eigenvalue weighted by Crippen LogP contribution is 2.37. The minimum absolute atomic E-state index is 0.163. The van der Waals surface area contributed by atoms with Crippen LogP contribution in [0.2, 0.25) is 0 Å². The van der Waals surface area contributed by atoms with Gasteiger partial charge in [0.15, 0.2) is 11.5 Å². The van der Waals surface area contributed by atoms with Crippen LogP contribution in [0.4, 0.5) is 0 Å². The molecule has 1 unspecified atom stereocenters. The third kappa shape index (κ3) is 3.56. The van der Waals surface area contributed by atoms with Crippen molar-refractivity contribution in [2.75, 3.05) is 13.3 Å². The molecule has 0 aliphatic carbocycles. The zero-order valence-electron chi connectivity index (χ0n) is 16.1. The smallest absolute Gasteiger partial charge is 0.231 e. The minimum Gasteiger partial charge on any atom is -0.454 e. The summed E-state index contributed by atoms with van der Waals surface area (Å²) in [5.74, 6) is 1.53. The number of ether oxygens (including phenoxy) is 2. The van der Waals surface area contributed by atoms with Gasteiger partial charge in [0.2, 0.25) is 12.7 Å².